The van der Waals surface area contributed by atoms with Crippen molar-refractivity contribution in [3.63, 3.8) is 0 Å². The Bertz CT molecular complexity index is 1040. The second kappa shape index (κ2) is 8.94. The van der Waals surface area contributed by atoms with E-state index in [1.807, 2.05) is 39.0 Å². The SMILES string of the molecule is CC(C)(C)OC(=O)NC1=N[C@@]2(c3cccc(NC(=O)c4ccncc4)c3)CCCC2CS1. The molecule has 2 aromatic rings. The third kappa shape index (κ3) is 4.96. The Morgan fingerprint density at radius 1 is 1.16 bits per heavy atom. The van der Waals surface area contributed by atoms with Crippen LogP contribution in [0.25, 0.3) is 0 Å². The monoisotopic (exact) mass is 452 g/mol. The Morgan fingerprint density at radius 2 is 1.94 bits per heavy atom. The van der Waals surface area contributed by atoms with Gasteiger partial charge < -0.3 is 10.1 Å². The van der Waals surface area contributed by atoms with Crippen LogP contribution in [-0.2, 0) is 10.3 Å². The van der Waals surface area contributed by atoms with E-state index in [9.17, 15) is 9.59 Å². The van der Waals surface area contributed by atoms with Crippen molar-refractivity contribution < 1.29 is 14.3 Å². The van der Waals surface area contributed by atoms with E-state index >= 15 is 0 Å². The molecule has 2 amide bonds. The first-order valence-electron chi connectivity index (χ1n) is 10.8. The molecule has 4 rings (SSSR count). The molecule has 1 aliphatic carbocycles. The van der Waals surface area contributed by atoms with E-state index in [0.717, 1.165) is 36.3 Å². The summed E-state index contributed by atoms with van der Waals surface area (Å²) in [7, 11) is 0. The first-order valence-corrected chi connectivity index (χ1v) is 11.8. The van der Waals surface area contributed by atoms with E-state index in [-0.39, 0.29) is 5.91 Å². The summed E-state index contributed by atoms with van der Waals surface area (Å²) in [5.74, 6) is 1.07. The summed E-state index contributed by atoms with van der Waals surface area (Å²) < 4.78 is 5.40. The molecule has 0 spiro atoms. The van der Waals surface area contributed by atoms with E-state index in [0.29, 0.717) is 16.6 Å². The molecule has 2 atom stereocenters. The van der Waals surface area contributed by atoms with Crippen molar-refractivity contribution in [2.24, 2.45) is 10.9 Å². The molecule has 1 unspecified atom stereocenters. The van der Waals surface area contributed by atoms with Gasteiger partial charge in [0.15, 0.2) is 5.17 Å². The molecule has 0 saturated heterocycles. The van der Waals surface area contributed by atoms with Crippen LogP contribution in [0.5, 0.6) is 0 Å². The molecule has 0 radical (unpaired) electrons. The standard InChI is InChI=1S/C24H28N4O3S/c1-23(2,3)31-22(30)27-21-28-24(11-5-7-18(24)15-32-21)17-6-4-8-19(14-17)26-20(29)16-9-12-25-13-10-16/h4,6,8-10,12-14,18H,5,7,11,15H2,1-3H3,(H,26,29)(H,27,28,30)/t18?,24-/m1/s1. The van der Waals surface area contributed by atoms with Crippen molar-refractivity contribution in [3.05, 3.63) is 59.9 Å². The average Bonchev–Trinajstić information content (AvgIpc) is 3.17. The van der Waals surface area contributed by atoms with Gasteiger partial charge in [0, 0.05) is 29.4 Å². The van der Waals surface area contributed by atoms with E-state index in [4.69, 9.17) is 9.73 Å². The van der Waals surface area contributed by atoms with Gasteiger partial charge in [0.05, 0.1) is 5.54 Å². The van der Waals surface area contributed by atoms with Gasteiger partial charge in [-0.1, -0.05) is 30.3 Å². The highest BCUT2D eigenvalue weighted by Gasteiger charge is 2.47. The summed E-state index contributed by atoms with van der Waals surface area (Å²) in [6, 6.07) is 11.3. The number of aromatic nitrogens is 1. The van der Waals surface area contributed by atoms with Crippen LogP contribution >= 0.6 is 11.8 Å². The predicted molar refractivity (Wildman–Crippen MR) is 127 cm³/mol. The summed E-state index contributed by atoms with van der Waals surface area (Å²) in [6.45, 7) is 5.51. The molecular formula is C24H28N4O3S. The first-order chi connectivity index (χ1) is 15.2. The fraction of sp³-hybridized carbons (Fsp3) is 0.417. The van der Waals surface area contributed by atoms with Crippen molar-refractivity contribution in [1.29, 1.82) is 0 Å². The predicted octanol–water partition coefficient (Wildman–Crippen LogP) is 4.96. The highest BCUT2D eigenvalue weighted by atomic mass is 32.2. The minimum Gasteiger partial charge on any atom is -0.444 e. The minimum absolute atomic E-state index is 0.181. The van der Waals surface area contributed by atoms with E-state index in [2.05, 4.69) is 21.7 Å². The van der Waals surface area contributed by atoms with Gasteiger partial charge in [0.25, 0.3) is 5.91 Å². The van der Waals surface area contributed by atoms with Crippen LogP contribution in [-0.4, -0.2) is 33.5 Å². The van der Waals surface area contributed by atoms with Gasteiger partial charge in [0.2, 0.25) is 0 Å². The highest BCUT2D eigenvalue weighted by Crippen LogP contribution is 2.51. The smallest absolute Gasteiger partial charge is 0.413 e. The van der Waals surface area contributed by atoms with Crippen molar-refractivity contribution >= 4 is 34.6 Å². The number of nitrogens with zero attached hydrogens (tertiary/aromatic N) is 2. The summed E-state index contributed by atoms with van der Waals surface area (Å²) in [5.41, 5.74) is 1.35. The van der Waals surface area contributed by atoms with E-state index in [1.165, 1.54) is 0 Å². The Hall–Kier alpha value is -2.87. The van der Waals surface area contributed by atoms with Crippen molar-refractivity contribution in [2.45, 2.75) is 51.2 Å². The van der Waals surface area contributed by atoms with Crippen LogP contribution in [0.4, 0.5) is 10.5 Å². The van der Waals surface area contributed by atoms with Gasteiger partial charge in [-0.05, 0) is 69.4 Å². The van der Waals surface area contributed by atoms with E-state index in [1.54, 1.807) is 36.3 Å². The summed E-state index contributed by atoms with van der Waals surface area (Å²) in [6.07, 6.45) is 5.77. The molecule has 8 heteroatoms. The number of rotatable bonds is 3. The Morgan fingerprint density at radius 3 is 2.69 bits per heavy atom. The fourth-order valence-electron chi connectivity index (χ4n) is 4.29. The van der Waals surface area contributed by atoms with Crippen LogP contribution in [0.1, 0.15) is 56.0 Å². The minimum atomic E-state index is -0.571. The van der Waals surface area contributed by atoms with Gasteiger partial charge in [-0.3, -0.25) is 20.1 Å². The first kappa shape index (κ1) is 22.3. The molecule has 7 nitrogen and oxygen atoms in total. The number of amidine groups is 1. The molecule has 1 aromatic carbocycles. The summed E-state index contributed by atoms with van der Waals surface area (Å²) in [4.78, 5) is 33.9. The summed E-state index contributed by atoms with van der Waals surface area (Å²) in [5, 5.41) is 6.39. The number of aliphatic imine (C=N–C) groups is 1. The third-order valence-electron chi connectivity index (χ3n) is 5.68. The van der Waals surface area contributed by atoms with Crippen LogP contribution in [0.3, 0.4) is 0 Å². The quantitative estimate of drug-likeness (QED) is 0.687. The number of fused-ring (bicyclic) bond motifs is 1. The molecular weight excluding hydrogens is 424 g/mol. The van der Waals surface area contributed by atoms with Crippen molar-refractivity contribution in [2.75, 3.05) is 11.1 Å². The molecule has 1 aromatic heterocycles. The van der Waals surface area contributed by atoms with Crippen molar-refractivity contribution in [3.8, 4) is 0 Å². The highest BCUT2D eigenvalue weighted by molar-refractivity contribution is 8.13. The van der Waals surface area contributed by atoms with Crippen molar-refractivity contribution in [1.82, 2.24) is 10.3 Å². The van der Waals surface area contributed by atoms with Gasteiger partial charge >= 0.3 is 6.09 Å². The molecule has 2 aliphatic rings. The van der Waals surface area contributed by atoms with Gasteiger partial charge in [-0.25, -0.2) is 4.79 Å². The number of hydrogen-bond acceptors (Lipinski definition) is 6. The lowest BCUT2D eigenvalue weighted by Crippen LogP contribution is -2.41. The normalized spacial score (nSPS) is 22.5. The van der Waals surface area contributed by atoms with Crippen LogP contribution in [0.15, 0.2) is 53.8 Å². The maximum atomic E-state index is 12.6. The number of hydrogen-bond donors (Lipinski definition) is 2. The molecule has 2 N–H and O–H groups in total. The Balaban J connectivity index is 1.58. The topological polar surface area (TPSA) is 92.7 Å². The zero-order chi connectivity index (χ0) is 22.8. The molecule has 2 heterocycles. The molecule has 168 valence electrons. The number of carbonyl (C=O) groups is 2. The lowest BCUT2D eigenvalue weighted by Gasteiger charge is -2.37. The largest absolute Gasteiger partial charge is 0.444 e. The van der Waals surface area contributed by atoms with Gasteiger partial charge in [-0.2, -0.15) is 0 Å². The lowest BCUT2D eigenvalue weighted by molar-refractivity contribution is 0.0563. The fourth-order valence-corrected chi connectivity index (χ4v) is 5.48. The molecule has 1 aliphatic heterocycles. The van der Waals surface area contributed by atoms with Crippen LogP contribution in [0, 0.1) is 5.92 Å². The zero-order valence-corrected chi connectivity index (χ0v) is 19.4. The second-order valence-corrected chi connectivity index (χ2v) is 10.1. The Kier molecular flexibility index (Phi) is 6.24. The molecule has 1 saturated carbocycles. The number of benzene rings is 1. The number of pyridine rings is 1. The third-order valence-corrected chi connectivity index (χ3v) is 6.71. The average molecular weight is 453 g/mol. The molecule has 0 bridgehead atoms. The van der Waals surface area contributed by atoms with Crippen LogP contribution in [0.2, 0.25) is 0 Å². The molecule has 32 heavy (non-hydrogen) atoms. The number of alkyl carbamates (subject to hydrolysis) is 1. The summed E-state index contributed by atoms with van der Waals surface area (Å²) >= 11 is 1.56. The number of amides is 2. The number of nitrogens with one attached hydrogen (secondary N) is 2. The number of anilines is 1. The maximum absolute atomic E-state index is 12.6. The lowest BCUT2D eigenvalue weighted by atomic mass is 9.81. The zero-order valence-electron chi connectivity index (χ0n) is 18.6. The van der Waals surface area contributed by atoms with Crippen LogP contribution < -0.4 is 10.6 Å². The number of thioether (sulfide) groups is 1. The van der Waals surface area contributed by atoms with Gasteiger partial charge in [0.1, 0.15) is 5.60 Å². The second-order valence-electron chi connectivity index (χ2n) is 9.14. The Labute approximate surface area is 192 Å². The van der Waals surface area contributed by atoms with Gasteiger partial charge in [-0.15, -0.1) is 0 Å². The number of ether oxygens (including phenoxy) is 1. The maximum Gasteiger partial charge on any atom is 0.413 e. The van der Waals surface area contributed by atoms with E-state index < -0.39 is 17.2 Å². The molecule has 1 fully saturated rings. The number of carbonyl (C=O) groups excluding carboxylic acids is 2.